The van der Waals surface area contributed by atoms with E-state index in [9.17, 15) is 9.90 Å². The van der Waals surface area contributed by atoms with Gasteiger partial charge in [-0.2, -0.15) is 9.97 Å². The predicted molar refractivity (Wildman–Crippen MR) is 162 cm³/mol. The summed E-state index contributed by atoms with van der Waals surface area (Å²) in [6.07, 6.45) is 0.785. The summed E-state index contributed by atoms with van der Waals surface area (Å²) in [6.45, 7) is 8.08. The van der Waals surface area contributed by atoms with Crippen LogP contribution in [0.25, 0.3) is 0 Å². The van der Waals surface area contributed by atoms with Crippen LogP contribution in [-0.2, 0) is 17.8 Å². The molecule has 2 aliphatic heterocycles. The van der Waals surface area contributed by atoms with Crippen LogP contribution in [0.1, 0.15) is 42.1 Å². The van der Waals surface area contributed by atoms with Crippen molar-refractivity contribution in [3.05, 3.63) is 83.0 Å². The highest BCUT2D eigenvalue weighted by Crippen LogP contribution is 2.37. The Hall–Kier alpha value is -3.53. The number of rotatable bonds is 10. The number of aliphatic hydroxyl groups is 1. The lowest BCUT2D eigenvalue weighted by atomic mass is 9.81. The number of fused-ring (bicyclic) bond motifs is 1. The number of amides is 1. The molecule has 42 heavy (non-hydrogen) atoms. The molecule has 2 fully saturated rings. The maximum atomic E-state index is 12.6. The Morgan fingerprint density at radius 2 is 1.60 bits per heavy atom. The Labute approximate surface area is 249 Å². The van der Waals surface area contributed by atoms with Crippen molar-refractivity contribution < 1.29 is 19.4 Å². The summed E-state index contributed by atoms with van der Waals surface area (Å²) < 4.78 is 11.2. The zero-order valence-corrected chi connectivity index (χ0v) is 25.1. The minimum absolute atomic E-state index is 0.113. The van der Waals surface area contributed by atoms with Gasteiger partial charge >= 0.3 is 6.01 Å². The van der Waals surface area contributed by atoms with Crippen LogP contribution in [0.2, 0.25) is 0 Å². The van der Waals surface area contributed by atoms with Gasteiger partial charge < -0.3 is 19.5 Å². The molecule has 9 nitrogen and oxygen atoms in total. The Balaban J connectivity index is 1.55. The number of aliphatic hydroxyl groups excluding tert-OH is 1. The number of nitrogens with zero attached hydrogens (tertiary/aromatic N) is 5. The van der Waals surface area contributed by atoms with Crippen molar-refractivity contribution in [2.45, 2.75) is 44.8 Å². The van der Waals surface area contributed by atoms with Gasteiger partial charge in [0.15, 0.2) is 0 Å². The van der Waals surface area contributed by atoms with Crippen LogP contribution < -0.4 is 9.47 Å². The predicted octanol–water partition coefficient (Wildman–Crippen LogP) is 3.21. The fraction of sp³-hybridized carbons (Fsp3) is 0.485. The highest BCUT2D eigenvalue weighted by molar-refractivity contribution is 5.77. The molecule has 2 aromatic carbocycles. The summed E-state index contributed by atoms with van der Waals surface area (Å²) in [5.41, 5.74) is 4.47. The van der Waals surface area contributed by atoms with Crippen LogP contribution in [0.5, 0.6) is 11.9 Å². The Morgan fingerprint density at radius 1 is 0.929 bits per heavy atom. The zero-order chi connectivity index (χ0) is 29.6. The van der Waals surface area contributed by atoms with Gasteiger partial charge in [0.25, 0.3) is 0 Å². The lowest BCUT2D eigenvalue weighted by Gasteiger charge is -2.53. The van der Waals surface area contributed by atoms with Gasteiger partial charge in [-0.15, -0.1) is 0 Å². The molecule has 0 unspecified atom stereocenters. The van der Waals surface area contributed by atoms with Crippen molar-refractivity contribution in [2.24, 2.45) is 5.92 Å². The molecule has 3 aromatic rings. The van der Waals surface area contributed by atoms with Gasteiger partial charge in [0.2, 0.25) is 11.8 Å². The molecule has 0 spiro atoms. The third kappa shape index (κ3) is 6.59. The summed E-state index contributed by atoms with van der Waals surface area (Å²) in [5, 5.41) is 9.62. The van der Waals surface area contributed by atoms with Crippen molar-refractivity contribution in [3.63, 3.8) is 0 Å². The van der Waals surface area contributed by atoms with E-state index in [1.54, 1.807) is 14.2 Å². The van der Waals surface area contributed by atoms with E-state index >= 15 is 0 Å². The SMILES string of the molecule is COc1nc(CC(C)C)c(CN2C[C@@H]3CN(C(=O)CO)CCN3[C@H](C(c3ccccc3)c3ccccc3)C2)c(OC)n1. The number of hydrogen-bond donors (Lipinski definition) is 1. The van der Waals surface area contributed by atoms with Crippen LogP contribution in [0.3, 0.4) is 0 Å². The second-order valence-electron chi connectivity index (χ2n) is 11.7. The average molecular weight is 574 g/mol. The van der Waals surface area contributed by atoms with Crippen molar-refractivity contribution in [2.75, 3.05) is 53.6 Å². The summed E-state index contributed by atoms with van der Waals surface area (Å²) >= 11 is 0. The van der Waals surface area contributed by atoms with Gasteiger partial charge in [-0.25, -0.2) is 0 Å². The minimum Gasteiger partial charge on any atom is -0.481 e. The number of benzene rings is 2. The topological polar surface area (TPSA) is 91.3 Å². The summed E-state index contributed by atoms with van der Waals surface area (Å²) in [4.78, 5) is 28.7. The molecule has 9 heteroatoms. The van der Waals surface area contributed by atoms with Gasteiger partial charge in [0.1, 0.15) is 6.61 Å². The van der Waals surface area contributed by atoms with E-state index in [0.717, 1.165) is 37.3 Å². The highest BCUT2D eigenvalue weighted by atomic mass is 16.5. The number of methoxy groups -OCH3 is 2. The molecular formula is C33H43N5O4. The Bertz CT molecular complexity index is 1280. The van der Waals surface area contributed by atoms with E-state index in [0.29, 0.717) is 37.4 Å². The van der Waals surface area contributed by atoms with Gasteiger partial charge in [-0.05, 0) is 23.5 Å². The molecule has 1 amide bonds. The number of piperazine rings is 2. The molecule has 2 atom stereocenters. The Morgan fingerprint density at radius 3 is 2.17 bits per heavy atom. The molecule has 0 bridgehead atoms. The van der Waals surface area contributed by atoms with Crippen molar-refractivity contribution >= 4 is 5.91 Å². The second kappa shape index (κ2) is 13.6. The van der Waals surface area contributed by atoms with Crippen LogP contribution in [0, 0.1) is 5.92 Å². The van der Waals surface area contributed by atoms with Crippen LogP contribution in [-0.4, -0.2) is 101 Å². The number of carbonyl (C=O) groups excluding carboxylic acids is 1. The van der Waals surface area contributed by atoms with Gasteiger partial charge in [-0.1, -0.05) is 74.5 Å². The maximum Gasteiger partial charge on any atom is 0.319 e. The molecule has 0 radical (unpaired) electrons. The van der Waals surface area contributed by atoms with Crippen LogP contribution in [0.15, 0.2) is 60.7 Å². The second-order valence-corrected chi connectivity index (χ2v) is 11.7. The molecule has 1 N–H and O–H groups in total. The maximum absolute atomic E-state index is 12.6. The molecule has 0 aliphatic carbocycles. The molecule has 224 valence electrons. The van der Waals surface area contributed by atoms with E-state index in [4.69, 9.17) is 14.5 Å². The summed E-state index contributed by atoms with van der Waals surface area (Å²) in [5.74, 6) is 0.867. The monoisotopic (exact) mass is 573 g/mol. The van der Waals surface area contributed by atoms with E-state index in [1.165, 1.54) is 11.1 Å². The quantitative estimate of drug-likeness (QED) is 0.396. The first-order valence-electron chi connectivity index (χ1n) is 14.9. The highest BCUT2D eigenvalue weighted by Gasteiger charge is 2.43. The van der Waals surface area contributed by atoms with Crippen molar-refractivity contribution in [3.8, 4) is 11.9 Å². The normalized spacial score (nSPS) is 19.6. The third-order valence-corrected chi connectivity index (χ3v) is 8.45. The fourth-order valence-corrected chi connectivity index (χ4v) is 6.60. The fourth-order valence-electron chi connectivity index (χ4n) is 6.60. The first-order valence-corrected chi connectivity index (χ1v) is 14.9. The van der Waals surface area contributed by atoms with Gasteiger partial charge in [0.05, 0.1) is 25.5 Å². The average Bonchev–Trinajstić information content (AvgIpc) is 3.02. The number of aromatic nitrogens is 2. The smallest absolute Gasteiger partial charge is 0.319 e. The zero-order valence-electron chi connectivity index (χ0n) is 25.1. The van der Waals surface area contributed by atoms with Gasteiger partial charge in [0, 0.05) is 57.3 Å². The number of ether oxygens (including phenoxy) is 2. The number of carbonyl (C=O) groups is 1. The van der Waals surface area contributed by atoms with Crippen LogP contribution in [0.4, 0.5) is 0 Å². The van der Waals surface area contributed by atoms with Crippen molar-refractivity contribution in [1.82, 2.24) is 24.7 Å². The lowest BCUT2D eigenvalue weighted by Crippen LogP contribution is -2.67. The van der Waals surface area contributed by atoms with E-state index in [1.807, 2.05) is 4.90 Å². The standard InChI is InChI=1S/C33H43N5O4/c1-23(2)17-28-27(32(41-3)35-33(34-28)42-4)20-36-18-26-19-37(30(40)22-39)15-16-38(26)29(21-36)31(24-11-7-5-8-12-24)25-13-9-6-10-14-25/h5-14,23,26,29,31,39H,15-22H2,1-4H3/t26-,29+/m1/s1. The summed E-state index contributed by atoms with van der Waals surface area (Å²) in [6, 6.07) is 22.0. The molecule has 2 saturated heterocycles. The summed E-state index contributed by atoms with van der Waals surface area (Å²) in [7, 11) is 3.22. The van der Waals surface area contributed by atoms with E-state index in [2.05, 4.69) is 89.3 Å². The molecule has 1 aromatic heterocycles. The molecule has 3 heterocycles. The molecule has 2 aliphatic rings. The molecule has 5 rings (SSSR count). The van der Waals surface area contributed by atoms with E-state index < -0.39 is 6.61 Å². The first-order chi connectivity index (χ1) is 20.4. The molecule has 0 saturated carbocycles. The van der Waals surface area contributed by atoms with E-state index in [-0.39, 0.29) is 23.9 Å². The van der Waals surface area contributed by atoms with Crippen molar-refractivity contribution in [1.29, 1.82) is 0 Å². The third-order valence-electron chi connectivity index (χ3n) is 8.45. The number of hydrogen-bond acceptors (Lipinski definition) is 8. The largest absolute Gasteiger partial charge is 0.481 e. The Kier molecular flexibility index (Phi) is 9.72. The minimum atomic E-state index is -0.463. The molecular weight excluding hydrogens is 530 g/mol. The van der Waals surface area contributed by atoms with Crippen LogP contribution >= 0.6 is 0 Å². The lowest BCUT2D eigenvalue weighted by molar-refractivity contribution is -0.139. The first kappa shape index (κ1) is 29.9. The van der Waals surface area contributed by atoms with Gasteiger partial charge in [-0.3, -0.25) is 14.6 Å².